The Hall–Kier alpha value is -3.94. The molecule has 1 heterocycles. The van der Waals surface area contributed by atoms with Crippen LogP contribution in [0.4, 0.5) is 0 Å². The van der Waals surface area contributed by atoms with Gasteiger partial charge >= 0.3 is 5.97 Å². The fourth-order valence-corrected chi connectivity index (χ4v) is 5.08. The quantitative estimate of drug-likeness (QED) is 0.230. The number of rotatable bonds is 11. The molecule has 7 nitrogen and oxygen atoms in total. The van der Waals surface area contributed by atoms with Crippen LogP contribution in [-0.2, 0) is 16.0 Å². The van der Waals surface area contributed by atoms with Gasteiger partial charge in [0.05, 0.1) is 6.61 Å². The van der Waals surface area contributed by atoms with Gasteiger partial charge in [-0.2, -0.15) is 0 Å². The van der Waals surface area contributed by atoms with Crippen molar-refractivity contribution in [3.63, 3.8) is 0 Å². The van der Waals surface area contributed by atoms with Crippen LogP contribution < -0.4 is 10.1 Å². The number of aromatic nitrogens is 1. The Morgan fingerprint density at radius 2 is 1.79 bits per heavy atom. The van der Waals surface area contributed by atoms with Crippen molar-refractivity contribution in [3.8, 4) is 28.3 Å². The van der Waals surface area contributed by atoms with Gasteiger partial charge in [0.25, 0.3) is 0 Å². The third-order valence-corrected chi connectivity index (χ3v) is 6.94. The number of ether oxygens (including phenoxy) is 2. The summed E-state index contributed by atoms with van der Waals surface area (Å²) in [4.78, 5) is 16.5. The zero-order valence-corrected chi connectivity index (χ0v) is 22.1. The van der Waals surface area contributed by atoms with Crippen LogP contribution in [0.15, 0.2) is 83.3 Å². The van der Waals surface area contributed by atoms with Crippen molar-refractivity contribution in [3.05, 3.63) is 95.9 Å². The normalized spacial score (nSPS) is 15.4. The predicted octanol–water partition coefficient (Wildman–Crippen LogP) is 6.04. The van der Waals surface area contributed by atoms with Crippen molar-refractivity contribution in [2.75, 3.05) is 19.8 Å². The Bertz CT molecular complexity index is 1310. The highest BCUT2D eigenvalue weighted by Gasteiger charge is 2.25. The summed E-state index contributed by atoms with van der Waals surface area (Å²) in [5.41, 5.74) is 4.88. The lowest BCUT2D eigenvalue weighted by atomic mass is 9.87. The molecule has 7 heteroatoms. The number of nitrogens with one attached hydrogen (secondary N) is 1. The first-order valence-electron chi connectivity index (χ1n) is 13.6. The molecule has 202 valence electrons. The van der Waals surface area contributed by atoms with Crippen molar-refractivity contribution in [2.24, 2.45) is 0 Å². The fourth-order valence-electron chi connectivity index (χ4n) is 5.08. The molecule has 0 saturated heterocycles. The predicted molar refractivity (Wildman–Crippen MR) is 149 cm³/mol. The molecule has 0 spiro atoms. The molecule has 39 heavy (non-hydrogen) atoms. The van der Waals surface area contributed by atoms with E-state index < -0.39 is 6.10 Å². The second-order valence-corrected chi connectivity index (χ2v) is 9.58. The first-order valence-corrected chi connectivity index (χ1v) is 13.6. The largest absolute Gasteiger partial charge is 0.482 e. The Kier molecular flexibility index (Phi) is 8.71. The first-order chi connectivity index (χ1) is 19.1. The van der Waals surface area contributed by atoms with E-state index in [0.717, 1.165) is 47.4 Å². The van der Waals surface area contributed by atoms with Crippen molar-refractivity contribution in [2.45, 2.75) is 44.8 Å². The third-order valence-electron chi connectivity index (χ3n) is 6.94. The Labute approximate surface area is 228 Å². The zero-order chi connectivity index (χ0) is 27.0. The molecule has 2 unspecified atom stereocenters. The standard InChI is InChI=1S/C32H34N2O5/c1-2-37-29(36)21-38-28-18-10-15-24-25(28)16-9-17-26(24)33-20-19-27(35)32-34-30(22-11-5-3-6-12-22)31(39-32)23-13-7-4-8-14-23/h3-8,10-15,18,26-27,33,35H,2,9,16-17,19-21H2,1H3. The van der Waals surface area contributed by atoms with Gasteiger partial charge in [-0.15, -0.1) is 0 Å². The number of benzene rings is 3. The van der Waals surface area contributed by atoms with Crippen molar-refractivity contribution in [1.29, 1.82) is 0 Å². The van der Waals surface area contributed by atoms with E-state index in [2.05, 4.69) is 11.4 Å². The summed E-state index contributed by atoms with van der Waals surface area (Å²) in [7, 11) is 0. The highest BCUT2D eigenvalue weighted by molar-refractivity contribution is 5.76. The number of oxazole rings is 1. The van der Waals surface area contributed by atoms with E-state index in [0.29, 0.717) is 31.2 Å². The number of carbonyl (C=O) groups is 1. The molecular weight excluding hydrogens is 492 g/mol. The number of aliphatic hydroxyl groups excluding tert-OH is 1. The SMILES string of the molecule is CCOC(=O)COc1cccc2c1CCCC2NCCC(O)c1nc(-c2ccccc2)c(-c2ccccc2)o1. The van der Waals surface area contributed by atoms with E-state index in [1.807, 2.05) is 72.8 Å². The van der Waals surface area contributed by atoms with E-state index in [1.165, 1.54) is 5.56 Å². The van der Waals surface area contributed by atoms with Gasteiger partial charge in [0.2, 0.25) is 5.89 Å². The average molecular weight is 527 g/mol. The van der Waals surface area contributed by atoms with Crippen LogP contribution in [0.25, 0.3) is 22.6 Å². The Morgan fingerprint density at radius 1 is 1.05 bits per heavy atom. The summed E-state index contributed by atoms with van der Waals surface area (Å²) in [6.07, 6.45) is 2.50. The number of hydrogen-bond acceptors (Lipinski definition) is 7. The maximum absolute atomic E-state index is 11.8. The highest BCUT2D eigenvalue weighted by Crippen LogP contribution is 2.37. The number of aliphatic hydroxyl groups is 1. The van der Waals surface area contributed by atoms with Crippen LogP contribution in [-0.4, -0.2) is 35.8 Å². The minimum Gasteiger partial charge on any atom is -0.482 e. The van der Waals surface area contributed by atoms with Gasteiger partial charge < -0.3 is 24.3 Å². The van der Waals surface area contributed by atoms with E-state index >= 15 is 0 Å². The van der Waals surface area contributed by atoms with E-state index in [4.69, 9.17) is 18.9 Å². The van der Waals surface area contributed by atoms with E-state index in [-0.39, 0.29) is 18.6 Å². The molecule has 0 aliphatic heterocycles. The maximum Gasteiger partial charge on any atom is 0.344 e. The maximum atomic E-state index is 11.8. The van der Waals surface area contributed by atoms with Gasteiger partial charge in [0, 0.05) is 17.2 Å². The van der Waals surface area contributed by atoms with Crippen LogP contribution in [0.1, 0.15) is 55.3 Å². The summed E-state index contributed by atoms with van der Waals surface area (Å²) in [6, 6.07) is 25.8. The van der Waals surface area contributed by atoms with Gasteiger partial charge in [-0.25, -0.2) is 9.78 Å². The number of carbonyl (C=O) groups excluding carboxylic acids is 1. The molecule has 2 N–H and O–H groups in total. The lowest BCUT2D eigenvalue weighted by molar-refractivity contribution is -0.145. The molecule has 2 atom stereocenters. The lowest BCUT2D eigenvalue weighted by Gasteiger charge is -2.28. The van der Waals surface area contributed by atoms with Crippen LogP contribution in [0.3, 0.4) is 0 Å². The van der Waals surface area contributed by atoms with E-state index in [1.54, 1.807) is 6.92 Å². The lowest BCUT2D eigenvalue weighted by Crippen LogP contribution is -2.27. The molecule has 5 rings (SSSR count). The minimum absolute atomic E-state index is 0.0966. The first kappa shape index (κ1) is 26.7. The summed E-state index contributed by atoms with van der Waals surface area (Å²) < 4.78 is 16.9. The number of esters is 1. The molecule has 0 radical (unpaired) electrons. The van der Waals surface area contributed by atoms with Crippen molar-refractivity contribution >= 4 is 5.97 Å². The molecule has 0 amide bonds. The van der Waals surface area contributed by atoms with Gasteiger partial charge in [0.15, 0.2) is 12.4 Å². The summed E-state index contributed by atoms with van der Waals surface area (Å²) in [5.74, 6) is 1.33. The van der Waals surface area contributed by atoms with Gasteiger partial charge in [-0.05, 0) is 56.3 Å². The fraction of sp³-hybridized carbons (Fsp3) is 0.312. The van der Waals surface area contributed by atoms with Gasteiger partial charge in [-0.3, -0.25) is 0 Å². The summed E-state index contributed by atoms with van der Waals surface area (Å²) in [6.45, 7) is 2.60. The molecule has 1 aliphatic carbocycles. The average Bonchev–Trinajstić information content (AvgIpc) is 3.43. The van der Waals surface area contributed by atoms with Crippen molar-refractivity contribution < 1.29 is 23.8 Å². The Morgan fingerprint density at radius 3 is 2.54 bits per heavy atom. The number of nitrogens with zero attached hydrogens (tertiary/aromatic N) is 1. The highest BCUT2D eigenvalue weighted by atomic mass is 16.6. The second-order valence-electron chi connectivity index (χ2n) is 9.58. The minimum atomic E-state index is -0.847. The molecule has 0 saturated carbocycles. The Balaban J connectivity index is 1.26. The summed E-state index contributed by atoms with van der Waals surface area (Å²) in [5, 5.41) is 14.6. The van der Waals surface area contributed by atoms with Crippen molar-refractivity contribution in [1.82, 2.24) is 10.3 Å². The summed E-state index contributed by atoms with van der Waals surface area (Å²) >= 11 is 0. The second kappa shape index (κ2) is 12.7. The number of fused-ring (bicyclic) bond motifs is 1. The monoisotopic (exact) mass is 526 g/mol. The topological polar surface area (TPSA) is 93.8 Å². The van der Waals surface area contributed by atoms with Crippen LogP contribution >= 0.6 is 0 Å². The smallest absolute Gasteiger partial charge is 0.344 e. The zero-order valence-electron chi connectivity index (χ0n) is 22.1. The molecule has 0 bridgehead atoms. The van der Waals surface area contributed by atoms with Gasteiger partial charge in [-0.1, -0.05) is 72.8 Å². The third kappa shape index (κ3) is 6.38. The van der Waals surface area contributed by atoms with Crippen LogP contribution in [0.2, 0.25) is 0 Å². The van der Waals surface area contributed by atoms with Gasteiger partial charge in [0.1, 0.15) is 17.5 Å². The molecule has 0 fully saturated rings. The molecule has 1 aliphatic rings. The molecule has 4 aromatic rings. The van der Waals surface area contributed by atoms with Crippen LogP contribution in [0.5, 0.6) is 5.75 Å². The van der Waals surface area contributed by atoms with E-state index in [9.17, 15) is 9.90 Å². The molecule has 3 aromatic carbocycles. The molecule has 1 aromatic heterocycles. The number of hydrogen-bond donors (Lipinski definition) is 2. The molecular formula is C32H34N2O5. The van der Waals surface area contributed by atoms with Crippen LogP contribution in [0, 0.1) is 0 Å².